The Labute approximate surface area is 297 Å². The zero-order chi connectivity index (χ0) is 34.1. The molecular weight excluding hydrogens is 619 g/mol. The van der Waals surface area contributed by atoms with Crippen molar-refractivity contribution >= 4 is 49.8 Å². The highest BCUT2D eigenvalue weighted by atomic mass is 16.3. The predicted molar refractivity (Wildman–Crippen MR) is 214 cm³/mol. The van der Waals surface area contributed by atoms with Gasteiger partial charge in [-0.1, -0.05) is 147 Å². The third kappa shape index (κ3) is 4.64. The van der Waals surface area contributed by atoms with Gasteiger partial charge < -0.3 is 9.32 Å². The summed E-state index contributed by atoms with van der Waals surface area (Å²) >= 11 is 0. The number of furan rings is 1. The lowest BCUT2D eigenvalue weighted by Gasteiger charge is -2.28. The maximum atomic E-state index is 6.81. The standard InChI is InChI=1S/C49H35NO/c1-49(2)43-20-9-8-18-40(43)41-28-27-38(31-44(41)49)50(37-25-22-33(23-26-37)36-16-10-15-35(30-36)32-12-4-3-5-13-32)45-21-11-19-42-47-39-17-7-6-14-34(39)24-29-46(47)51-48(42)45/h3-31H,1-2H3. The number of hydrogen-bond donors (Lipinski definition) is 0. The lowest BCUT2D eigenvalue weighted by atomic mass is 9.82. The molecule has 10 rings (SSSR count). The number of rotatable bonds is 5. The van der Waals surface area contributed by atoms with E-state index in [1.54, 1.807) is 0 Å². The Morgan fingerprint density at radius 1 is 0.451 bits per heavy atom. The summed E-state index contributed by atoms with van der Waals surface area (Å²) in [4.78, 5) is 2.37. The van der Waals surface area contributed by atoms with E-state index in [2.05, 4.69) is 195 Å². The summed E-state index contributed by atoms with van der Waals surface area (Å²) in [6.07, 6.45) is 0. The first kappa shape index (κ1) is 29.5. The van der Waals surface area contributed by atoms with Crippen molar-refractivity contribution in [1.29, 1.82) is 0 Å². The summed E-state index contributed by atoms with van der Waals surface area (Å²) in [5, 5.41) is 4.69. The lowest BCUT2D eigenvalue weighted by Crippen LogP contribution is -2.16. The second-order valence-corrected chi connectivity index (χ2v) is 14.1. The fourth-order valence-corrected chi connectivity index (χ4v) is 8.30. The summed E-state index contributed by atoms with van der Waals surface area (Å²) in [7, 11) is 0. The van der Waals surface area contributed by atoms with Crippen LogP contribution < -0.4 is 4.90 Å². The zero-order valence-corrected chi connectivity index (χ0v) is 28.6. The van der Waals surface area contributed by atoms with Gasteiger partial charge in [-0.2, -0.15) is 0 Å². The van der Waals surface area contributed by atoms with Crippen LogP contribution in [0, 0.1) is 0 Å². The smallest absolute Gasteiger partial charge is 0.159 e. The molecule has 1 aromatic heterocycles. The van der Waals surface area contributed by atoms with Crippen LogP contribution in [0.5, 0.6) is 0 Å². The quantitative estimate of drug-likeness (QED) is 0.184. The molecule has 242 valence electrons. The van der Waals surface area contributed by atoms with E-state index in [0.717, 1.165) is 39.0 Å². The van der Waals surface area contributed by atoms with Gasteiger partial charge in [-0.05, 0) is 97.7 Å². The average molecular weight is 654 g/mol. The Morgan fingerprint density at radius 3 is 1.94 bits per heavy atom. The average Bonchev–Trinajstić information content (AvgIpc) is 3.69. The topological polar surface area (TPSA) is 16.4 Å². The molecule has 9 aromatic rings. The summed E-state index contributed by atoms with van der Waals surface area (Å²) in [5.74, 6) is 0. The van der Waals surface area contributed by atoms with Gasteiger partial charge in [-0.3, -0.25) is 0 Å². The first-order valence-electron chi connectivity index (χ1n) is 17.7. The van der Waals surface area contributed by atoms with Crippen molar-refractivity contribution in [2.75, 3.05) is 4.90 Å². The molecule has 0 unspecified atom stereocenters. The van der Waals surface area contributed by atoms with Crippen molar-refractivity contribution in [3.63, 3.8) is 0 Å². The fraction of sp³-hybridized carbons (Fsp3) is 0.0612. The summed E-state index contributed by atoms with van der Waals surface area (Å²) in [5.41, 5.74) is 15.0. The molecule has 1 heterocycles. The Balaban J connectivity index is 1.16. The van der Waals surface area contributed by atoms with Crippen molar-refractivity contribution in [2.24, 2.45) is 0 Å². The van der Waals surface area contributed by atoms with E-state index in [1.165, 1.54) is 55.3 Å². The molecule has 0 spiro atoms. The van der Waals surface area contributed by atoms with E-state index in [0.29, 0.717) is 0 Å². The zero-order valence-electron chi connectivity index (χ0n) is 28.6. The van der Waals surface area contributed by atoms with Crippen molar-refractivity contribution in [2.45, 2.75) is 19.3 Å². The molecule has 0 amide bonds. The van der Waals surface area contributed by atoms with Gasteiger partial charge >= 0.3 is 0 Å². The van der Waals surface area contributed by atoms with Crippen LogP contribution in [0.2, 0.25) is 0 Å². The maximum absolute atomic E-state index is 6.81. The van der Waals surface area contributed by atoms with Crippen LogP contribution in [0.25, 0.3) is 66.1 Å². The van der Waals surface area contributed by atoms with Gasteiger partial charge in [0.2, 0.25) is 0 Å². The van der Waals surface area contributed by atoms with E-state index >= 15 is 0 Å². The van der Waals surface area contributed by atoms with E-state index in [4.69, 9.17) is 4.42 Å². The number of hydrogen-bond acceptors (Lipinski definition) is 2. The molecule has 0 N–H and O–H groups in total. The van der Waals surface area contributed by atoms with Gasteiger partial charge in [-0.25, -0.2) is 0 Å². The number of nitrogens with zero attached hydrogens (tertiary/aromatic N) is 1. The van der Waals surface area contributed by atoms with Gasteiger partial charge in [0.1, 0.15) is 5.58 Å². The van der Waals surface area contributed by atoms with E-state index in [-0.39, 0.29) is 5.41 Å². The van der Waals surface area contributed by atoms with Gasteiger partial charge in [-0.15, -0.1) is 0 Å². The third-order valence-electron chi connectivity index (χ3n) is 10.9. The second kappa shape index (κ2) is 11.3. The van der Waals surface area contributed by atoms with Gasteiger partial charge in [0, 0.05) is 27.6 Å². The van der Waals surface area contributed by atoms with Crippen molar-refractivity contribution in [3.8, 4) is 33.4 Å². The molecule has 8 aromatic carbocycles. The molecule has 51 heavy (non-hydrogen) atoms. The second-order valence-electron chi connectivity index (χ2n) is 14.1. The van der Waals surface area contributed by atoms with E-state index in [9.17, 15) is 0 Å². The minimum atomic E-state index is -0.120. The van der Waals surface area contributed by atoms with Crippen LogP contribution >= 0.6 is 0 Å². The molecule has 2 heteroatoms. The summed E-state index contributed by atoms with van der Waals surface area (Å²) in [6, 6.07) is 63.5. The summed E-state index contributed by atoms with van der Waals surface area (Å²) in [6.45, 7) is 4.68. The molecule has 0 fully saturated rings. The van der Waals surface area contributed by atoms with Gasteiger partial charge in [0.05, 0.1) is 5.69 Å². The first-order chi connectivity index (χ1) is 25.0. The first-order valence-corrected chi connectivity index (χ1v) is 17.7. The Bertz CT molecular complexity index is 2770. The normalized spacial score (nSPS) is 13.1. The Morgan fingerprint density at radius 2 is 1.10 bits per heavy atom. The Hall–Kier alpha value is -6.38. The van der Waals surface area contributed by atoms with Gasteiger partial charge in [0.15, 0.2) is 5.58 Å². The highest BCUT2D eigenvalue weighted by molar-refractivity contribution is 6.21. The largest absolute Gasteiger partial charge is 0.454 e. The molecule has 1 aliphatic carbocycles. The maximum Gasteiger partial charge on any atom is 0.159 e. The number of para-hydroxylation sites is 1. The molecule has 0 aliphatic heterocycles. The number of anilines is 3. The van der Waals surface area contributed by atoms with Crippen LogP contribution in [0.3, 0.4) is 0 Å². The minimum Gasteiger partial charge on any atom is -0.454 e. The van der Waals surface area contributed by atoms with E-state index < -0.39 is 0 Å². The molecule has 1 aliphatic rings. The van der Waals surface area contributed by atoms with Crippen molar-refractivity contribution < 1.29 is 4.42 Å². The van der Waals surface area contributed by atoms with Crippen LogP contribution in [0.1, 0.15) is 25.0 Å². The minimum absolute atomic E-state index is 0.120. The Kier molecular flexibility index (Phi) is 6.56. The van der Waals surface area contributed by atoms with E-state index in [1.807, 2.05) is 0 Å². The third-order valence-corrected chi connectivity index (χ3v) is 10.9. The molecular formula is C49H35NO. The van der Waals surface area contributed by atoms with Crippen LogP contribution in [0.15, 0.2) is 180 Å². The van der Waals surface area contributed by atoms with Crippen LogP contribution in [-0.2, 0) is 5.41 Å². The molecule has 0 saturated heterocycles. The monoisotopic (exact) mass is 653 g/mol. The van der Waals surface area contributed by atoms with Crippen LogP contribution in [-0.4, -0.2) is 0 Å². The van der Waals surface area contributed by atoms with Gasteiger partial charge in [0.25, 0.3) is 0 Å². The molecule has 0 atom stereocenters. The summed E-state index contributed by atoms with van der Waals surface area (Å²) < 4.78 is 6.81. The molecule has 0 saturated carbocycles. The molecule has 0 radical (unpaired) electrons. The molecule has 2 nitrogen and oxygen atoms in total. The number of fused-ring (bicyclic) bond motifs is 8. The number of benzene rings is 8. The SMILES string of the molecule is CC1(C)c2ccccc2-c2ccc(N(c3ccc(-c4cccc(-c5ccccc5)c4)cc3)c3cccc4c3oc3ccc5ccccc5c34)cc21. The highest BCUT2D eigenvalue weighted by Crippen LogP contribution is 2.51. The van der Waals surface area contributed by atoms with Crippen LogP contribution in [0.4, 0.5) is 17.1 Å². The fourth-order valence-electron chi connectivity index (χ4n) is 8.30. The van der Waals surface area contributed by atoms with Crippen molar-refractivity contribution in [3.05, 3.63) is 187 Å². The predicted octanol–water partition coefficient (Wildman–Crippen LogP) is 13.8. The highest BCUT2D eigenvalue weighted by Gasteiger charge is 2.36. The lowest BCUT2D eigenvalue weighted by molar-refractivity contribution is 0.660. The molecule has 0 bridgehead atoms. The van der Waals surface area contributed by atoms with Crippen molar-refractivity contribution in [1.82, 2.24) is 0 Å².